The first-order chi connectivity index (χ1) is 8.15. The van der Waals surface area contributed by atoms with E-state index in [1.54, 1.807) is 17.5 Å². The molecule has 0 atom stereocenters. The minimum atomic E-state index is -0.0439. The van der Waals surface area contributed by atoms with Crippen molar-refractivity contribution in [2.75, 3.05) is 5.32 Å². The lowest BCUT2D eigenvalue weighted by atomic mass is 10.2. The molecule has 5 heteroatoms. The van der Waals surface area contributed by atoms with Gasteiger partial charge in [-0.3, -0.25) is 4.79 Å². The van der Waals surface area contributed by atoms with E-state index in [0.29, 0.717) is 12.2 Å². The van der Waals surface area contributed by atoms with E-state index in [-0.39, 0.29) is 5.91 Å². The maximum Gasteiger partial charge on any atom is 0.229 e. The quantitative estimate of drug-likeness (QED) is 0.944. The molecule has 2 aromatic heterocycles. The molecule has 2 heterocycles. The summed E-state index contributed by atoms with van der Waals surface area (Å²) in [5.41, 5.74) is 2.08. The van der Waals surface area contributed by atoms with Crippen molar-refractivity contribution < 1.29 is 4.79 Å². The zero-order valence-electron chi connectivity index (χ0n) is 9.24. The smallest absolute Gasteiger partial charge is 0.229 e. The molecule has 0 saturated heterocycles. The molecule has 1 amide bonds. The summed E-state index contributed by atoms with van der Waals surface area (Å²) in [6.07, 6.45) is 2.08. The minimum absolute atomic E-state index is 0.0439. The summed E-state index contributed by atoms with van der Waals surface area (Å²) < 4.78 is 0.938. The molecule has 2 aromatic rings. The monoisotopic (exact) mass is 310 g/mol. The van der Waals surface area contributed by atoms with E-state index >= 15 is 0 Å². The van der Waals surface area contributed by atoms with Gasteiger partial charge in [-0.25, -0.2) is 4.98 Å². The van der Waals surface area contributed by atoms with E-state index < -0.39 is 0 Å². The zero-order valence-corrected chi connectivity index (χ0v) is 11.6. The number of nitrogens with zero attached hydrogens (tertiary/aromatic N) is 1. The molecule has 0 bridgehead atoms. The van der Waals surface area contributed by atoms with Crippen molar-refractivity contribution in [3.05, 3.63) is 44.7 Å². The van der Waals surface area contributed by atoms with Gasteiger partial charge in [0.1, 0.15) is 5.82 Å². The van der Waals surface area contributed by atoms with Crippen LogP contribution in [0.1, 0.15) is 11.1 Å². The minimum Gasteiger partial charge on any atom is -0.310 e. The lowest BCUT2D eigenvalue weighted by Crippen LogP contribution is -2.15. The number of aromatic nitrogens is 1. The van der Waals surface area contributed by atoms with E-state index in [1.165, 1.54) is 0 Å². The predicted octanol–water partition coefficient (Wildman–Crippen LogP) is 3.40. The third kappa shape index (κ3) is 3.38. The molecular formula is C12H11BrN2OS. The molecule has 0 aliphatic carbocycles. The zero-order chi connectivity index (χ0) is 12.3. The highest BCUT2D eigenvalue weighted by Crippen LogP contribution is 2.17. The van der Waals surface area contributed by atoms with Crippen LogP contribution >= 0.6 is 27.3 Å². The second kappa shape index (κ2) is 5.42. The molecule has 0 aliphatic heterocycles. The van der Waals surface area contributed by atoms with Crippen molar-refractivity contribution >= 4 is 39.0 Å². The van der Waals surface area contributed by atoms with Crippen molar-refractivity contribution in [1.82, 2.24) is 4.98 Å². The Balaban J connectivity index is 2.00. The van der Waals surface area contributed by atoms with Crippen LogP contribution in [0.15, 0.2) is 33.6 Å². The highest BCUT2D eigenvalue weighted by Gasteiger charge is 2.06. The number of pyridine rings is 1. The van der Waals surface area contributed by atoms with Crippen LogP contribution in [0, 0.1) is 6.92 Å². The van der Waals surface area contributed by atoms with Gasteiger partial charge in [0, 0.05) is 10.7 Å². The normalized spacial score (nSPS) is 10.2. The fourth-order valence-electron chi connectivity index (χ4n) is 1.37. The molecule has 0 fully saturated rings. The number of aryl methyl sites for hydroxylation is 1. The number of amides is 1. The number of nitrogens with one attached hydrogen (secondary N) is 1. The van der Waals surface area contributed by atoms with Gasteiger partial charge in [0.25, 0.3) is 0 Å². The van der Waals surface area contributed by atoms with Gasteiger partial charge >= 0.3 is 0 Å². The van der Waals surface area contributed by atoms with Crippen LogP contribution in [-0.4, -0.2) is 10.9 Å². The summed E-state index contributed by atoms with van der Waals surface area (Å²) in [5.74, 6) is 0.545. The maximum absolute atomic E-state index is 11.7. The number of hydrogen-bond acceptors (Lipinski definition) is 3. The van der Waals surface area contributed by atoms with E-state index in [1.807, 2.05) is 29.8 Å². The summed E-state index contributed by atoms with van der Waals surface area (Å²) in [5, 5.41) is 6.72. The Labute approximate surface area is 112 Å². The third-order valence-electron chi connectivity index (χ3n) is 2.26. The molecular weight excluding hydrogens is 300 g/mol. The van der Waals surface area contributed by atoms with Gasteiger partial charge in [0.15, 0.2) is 0 Å². The molecule has 2 rings (SSSR count). The lowest BCUT2D eigenvalue weighted by molar-refractivity contribution is -0.115. The van der Waals surface area contributed by atoms with Crippen molar-refractivity contribution in [3.63, 3.8) is 0 Å². The number of halogens is 1. The highest BCUT2D eigenvalue weighted by atomic mass is 79.9. The fraction of sp³-hybridized carbons (Fsp3) is 0.167. The predicted molar refractivity (Wildman–Crippen MR) is 73.3 cm³/mol. The fourth-order valence-corrected chi connectivity index (χ4v) is 2.26. The Morgan fingerprint density at radius 1 is 1.59 bits per heavy atom. The van der Waals surface area contributed by atoms with Crippen LogP contribution in [0.5, 0.6) is 0 Å². The number of hydrogen-bond donors (Lipinski definition) is 1. The molecule has 0 saturated carbocycles. The second-order valence-electron chi connectivity index (χ2n) is 3.68. The number of carbonyl (C=O) groups excluding carboxylic acids is 1. The highest BCUT2D eigenvalue weighted by molar-refractivity contribution is 9.10. The first-order valence-corrected chi connectivity index (χ1v) is 6.82. The first-order valence-electron chi connectivity index (χ1n) is 5.08. The third-order valence-corrected chi connectivity index (χ3v) is 3.82. The van der Waals surface area contributed by atoms with Gasteiger partial charge in [0.2, 0.25) is 5.91 Å². The van der Waals surface area contributed by atoms with Gasteiger partial charge < -0.3 is 5.32 Å². The van der Waals surface area contributed by atoms with Crippen molar-refractivity contribution in [1.29, 1.82) is 0 Å². The van der Waals surface area contributed by atoms with Crippen molar-refractivity contribution in [2.45, 2.75) is 13.3 Å². The largest absolute Gasteiger partial charge is 0.310 e. The lowest BCUT2D eigenvalue weighted by Gasteiger charge is -2.05. The van der Waals surface area contributed by atoms with E-state index in [4.69, 9.17) is 0 Å². The van der Waals surface area contributed by atoms with Gasteiger partial charge in [-0.2, -0.15) is 11.3 Å². The van der Waals surface area contributed by atoms with Crippen LogP contribution < -0.4 is 5.32 Å². The Bertz CT molecular complexity index is 525. The number of anilines is 1. The average Bonchev–Trinajstić information content (AvgIpc) is 2.76. The number of rotatable bonds is 3. The van der Waals surface area contributed by atoms with Gasteiger partial charge in [-0.05, 0) is 56.9 Å². The summed E-state index contributed by atoms with van der Waals surface area (Å²) in [6.45, 7) is 1.96. The summed E-state index contributed by atoms with van der Waals surface area (Å²) in [4.78, 5) is 15.8. The molecule has 0 spiro atoms. The molecule has 3 nitrogen and oxygen atoms in total. The topological polar surface area (TPSA) is 42.0 Å². The molecule has 0 unspecified atom stereocenters. The molecule has 1 N–H and O–H groups in total. The second-order valence-corrected chi connectivity index (χ2v) is 5.31. The summed E-state index contributed by atoms with van der Waals surface area (Å²) >= 11 is 4.96. The van der Waals surface area contributed by atoms with E-state index in [9.17, 15) is 4.79 Å². The average molecular weight is 311 g/mol. The Morgan fingerprint density at radius 3 is 3.06 bits per heavy atom. The molecule has 0 aliphatic rings. The van der Waals surface area contributed by atoms with Crippen molar-refractivity contribution in [2.24, 2.45) is 0 Å². The van der Waals surface area contributed by atoms with Crippen LogP contribution in [-0.2, 0) is 11.2 Å². The van der Waals surface area contributed by atoms with Gasteiger partial charge in [-0.1, -0.05) is 0 Å². The van der Waals surface area contributed by atoms with E-state index in [0.717, 1.165) is 15.6 Å². The van der Waals surface area contributed by atoms with Gasteiger partial charge in [0.05, 0.1) is 6.42 Å². The Hall–Kier alpha value is -1.20. The Morgan fingerprint density at radius 2 is 2.41 bits per heavy atom. The molecule has 0 aromatic carbocycles. The maximum atomic E-state index is 11.7. The first kappa shape index (κ1) is 12.3. The molecule has 88 valence electrons. The number of thiophene rings is 1. The summed E-state index contributed by atoms with van der Waals surface area (Å²) in [6, 6.07) is 3.79. The van der Waals surface area contributed by atoms with E-state index in [2.05, 4.69) is 26.2 Å². The number of carbonyl (C=O) groups is 1. The molecule has 0 radical (unpaired) electrons. The van der Waals surface area contributed by atoms with Crippen molar-refractivity contribution in [3.8, 4) is 0 Å². The SMILES string of the molecule is Cc1cc(NC(=O)Cc2ccsc2)ncc1Br. The standard InChI is InChI=1S/C12H11BrN2OS/c1-8-4-11(14-6-10(8)13)15-12(16)5-9-2-3-17-7-9/h2-4,6-7H,5H2,1H3,(H,14,15,16). The van der Waals surface area contributed by atoms with Crippen LogP contribution in [0.3, 0.4) is 0 Å². The summed E-state index contributed by atoms with van der Waals surface area (Å²) in [7, 11) is 0. The van der Waals surface area contributed by atoms with Crippen LogP contribution in [0.25, 0.3) is 0 Å². The van der Waals surface area contributed by atoms with Crippen LogP contribution in [0.2, 0.25) is 0 Å². The van der Waals surface area contributed by atoms with Gasteiger partial charge in [-0.15, -0.1) is 0 Å². The Kier molecular flexibility index (Phi) is 3.91. The van der Waals surface area contributed by atoms with Crippen LogP contribution in [0.4, 0.5) is 5.82 Å². The molecule has 17 heavy (non-hydrogen) atoms.